The van der Waals surface area contributed by atoms with Crippen LogP contribution in [0.2, 0.25) is 0 Å². The Bertz CT molecular complexity index is 366. The molecule has 2 amide bonds. The molecule has 0 aromatic carbocycles. The van der Waals surface area contributed by atoms with Gasteiger partial charge in [-0.15, -0.1) is 0 Å². The zero-order chi connectivity index (χ0) is 14.6. The Morgan fingerprint density at radius 3 is 2.45 bits per heavy atom. The fraction of sp³-hybridized carbons (Fsp3) is 0.867. The monoisotopic (exact) mass is 282 g/mol. The lowest BCUT2D eigenvalue weighted by Gasteiger charge is -2.38. The van der Waals surface area contributed by atoms with Crippen molar-refractivity contribution in [1.82, 2.24) is 10.6 Å². The van der Waals surface area contributed by atoms with E-state index in [1.54, 1.807) is 0 Å². The number of carboxylic acids is 1. The summed E-state index contributed by atoms with van der Waals surface area (Å²) >= 11 is 0. The molecule has 20 heavy (non-hydrogen) atoms. The number of amides is 2. The van der Waals surface area contributed by atoms with E-state index in [9.17, 15) is 14.7 Å². The topological polar surface area (TPSA) is 78.4 Å². The Kier molecular flexibility index (Phi) is 4.89. The van der Waals surface area contributed by atoms with E-state index >= 15 is 0 Å². The Morgan fingerprint density at radius 1 is 1.20 bits per heavy atom. The highest BCUT2D eigenvalue weighted by molar-refractivity contribution is 5.79. The molecule has 114 valence electrons. The fourth-order valence-corrected chi connectivity index (χ4v) is 3.43. The average molecular weight is 282 g/mol. The average Bonchev–Trinajstić information content (AvgIpc) is 2.37. The highest BCUT2D eigenvalue weighted by atomic mass is 16.4. The lowest BCUT2D eigenvalue weighted by atomic mass is 9.69. The molecule has 2 atom stereocenters. The van der Waals surface area contributed by atoms with E-state index in [1.165, 1.54) is 19.3 Å². The van der Waals surface area contributed by atoms with Crippen molar-refractivity contribution in [2.24, 2.45) is 11.3 Å². The van der Waals surface area contributed by atoms with Gasteiger partial charge < -0.3 is 15.7 Å². The van der Waals surface area contributed by atoms with Gasteiger partial charge in [0.05, 0.1) is 5.41 Å². The minimum Gasteiger partial charge on any atom is -0.481 e. The molecular weight excluding hydrogens is 256 g/mol. The van der Waals surface area contributed by atoms with Crippen molar-refractivity contribution >= 4 is 12.0 Å². The summed E-state index contributed by atoms with van der Waals surface area (Å²) in [5.41, 5.74) is -0.714. The van der Waals surface area contributed by atoms with Gasteiger partial charge in [0.1, 0.15) is 0 Å². The SMILES string of the molecule is CCC1CCCCC1NC(=O)NCC1(C(=O)O)CCC1. The van der Waals surface area contributed by atoms with Crippen molar-refractivity contribution in [3.63, 3.8) is 0 Å². The van der Waals surface area contributed by atoms with E-state index in [1.807, 2.05) is 0 Å². The highest BCUT2D eigenvalue weighted by Crippen LogP contribution is 2.40. The maximum atomic E-state index is 12.0. The molecule has 3 N–H and O–H groups in total. The summed E-state index contributed by atoms with van der Waals surface area (Å²) < 4.78 is 0. The maximum absolute atomic E-state index is 12.0. The molecular formula is C15H26N2O3. The van der Waals surface area contributed by atoms with Crippen LogP contribution in [-0.4, -0.2) is 29.7 Å². The van der Waals surface area contributed by atoms with Gasteiger partial charge in [0.15, 0.2) is 0 Å². The summed E-state index contributed by atoms with van der Waals surface area (Å²) in [5.74, 6) is -0.222. The summed E-state index contributed by atoms with van der Waals surface area (Å²) in [7, 11) is 0. The van der Waals surface area contributed by atoms with Crippen LogP contribution >= 0.6 is 0 Å². The van der Waals surface area contributed by atoms with Gasteiger partial charge in [-0.1, -0.05) is 32.6 Å². The second-order valence-electron chi connectivity index (χ2n) is 6.33. The molecule has 0 aromatic heterocycles. The van der Waals surface area contributed by atoms with E-state index in [0.29, 0.717) is 18.8 Å². The van der Waals surface area contributed by atoms with Gasteiger partial charge >= 0.3 is 12.0 Å². The lowest BCUT2D eigenvalue weighted by molar-refractivity contribution is -0.153. The van der Waals surface area contributed by atoms with E-state index < -0.39 is 11.4 Å². The first-order valence-electron chi connectivity index (χ1n) is 7.85. The number of rotatable bonds is 5. The zero-order valence-corrected chi connectivity index (χ0v) is 12.3. The molecule has 2 fully saturated rings. The molecule has 0 aromatic rings. The minimum atomic E-state index is -0.784. The van der Waals surface area contributed by atoms with Crippen molar-refractivity contribution in [1.29, 1.82) is 0 Å². The maximum Gasteiger partial charge on any atom is 0.315 e. The number of carboxylic acid groups (broad SMARTS) is 1. The van der Waals surface area contributed by atoms with E-state index in [0.717, 1.165) is 19.3 Å². The van der Waals surface area contributed by atoms with Gasteiger partial charge in [-0.25, -0.2) is 4.79 Å². The third kappa shape index (κ3) is 3.25. The van der Waals surface area contributed by atoms with Crippen LogP contribution in [0.25, 0.3) is 0 Å². The first kappa shape index (κ1) is 15.1. The smallest absolute Gasteiger partial charge is 0.315 e. The molecule has 0 aliphatic heterocycles. The second-order valence-corrected chi connectivity index (χ2v) is 6.33. The molecule has 0 radical (unpaired) electrons. The Balaban J connectivity index is 1.78. The van der Waals surface area contributed by atoms with Crippen molar-refractivity contribution in [2.75, 3.05) is 6.54 Å². The highest BCUT2D eigenvalue weighted by Gasteiger charge is 2.44. The van der Waals surface area contributed by atoms with Crippen molar-refractivity contribution in [3.05, 3.63) is 0 Å². The van der Waals surface area contributed by atoms with Crippen molar-refractivity contribution in [2.45, 2.75) is 64.3 Å². The van der Waals surface area contributed by atoms with Crippen LogP contribution < -0.4 is 10.6 Å². The minimum absolute atomic E-state index is 0.206. The molecule has 0 saturated heterocycles. The Morgan fingerprint density at radius 2 is 1.90 bits per heavy atom. The summed E-state index contributed by atoms with van der Waals surface area (Å²) in [6, 6.07) is 0.0405. The number of carbonyl (C=O) groups is 2. The van der Waals surface area contributed by atoms with Crippen LogP contribution in [0, 0.1) is 11.3 Å². The van der Waals surface area contributed by atoms with Gasteiger partial charge in [-0.3, -0.25) is 4.79 Å². The van der Waals surface area contributed by atoms with Crippen LogP contribution in [0.4, 0.5) is 4.79 Å². The fourth-order valence-electron chi connectivity index (χ4n) is 3.43. The largest absolute Gasteiger partial charge is 0.481 e. The molecule has 5 nitrogen and oxygen atoms in total. The summed E-state index contributed by atoms with van der Waals surface area (Å²) in [5, 5.41) is 15.0. The number of nitrogens with one attached hydrogen (secondary N) is 2. The third-order valence-electron chi connectivity index (χ3n) is 5.10. The molecule has 5 heteroatoms. The number of hydrogen-bond acceptors (Lipinski definition) is 2. The molecule has 2 aliphatic rings. The Labute approximate surface area is 120 Å². The lowest BCUT2D eigenvalue weighted by Crippen LogP contribution is -2.52. The molecule has 2 rings (SSSR count). The summed E-state index contributed by atoms with van der Waals surface area (Å²) in [6.45, 7) is 2.41. The van der Waals surface area contributed by atoms with Gasteiger partial charge in [0.25, 0.3) is 0 Å². The molecule has 2 aliphatic carbocycles. The van der Waals surface area contributed by atoms with Crippen LogP contribution in [0.15, 0.2) is 0 Å². The normalized spacial score (nSPS) is 28.2. The van der Waals surface area contributed by atoms with Crippen LogP contribution in [0.1, 0.15) is 58.3 Å². The molecule has 2 unspecified atom stereocenters. The molecule has 0 heterocycles. The van der Waals surface area contributed by atoms with Gasteiger partial charge in [0.2, 0.25) is 0 Å². The predicted octanol–water partition coefficient (Wildman–Crippen LogP) is 2.51. The molecule has 0 spiro atoms. The quantitative estimate of drug-likeness (QED) is 0.725. The first-order valence-corrected chi connectivity index (χ1v) is 7.85. The third-order valence-corrected chi connectivity index (χ3v) is 5.10. The summed E-state index contributed by atoms with van der Waals surface area (Å²) in [6.07, 6.45) is 8.00. The number of hydrogen-bond donors (Lipinski definition) is 3. The summed E-state index contributed by atoms with van der Waals surface area (Å²) in [4.78, 5) is 23.2. The molecule has 0 bridgehead atoms. The number of aliphatic carboxylic acids is 1. The van der Waals surface area contributed by atoms with Crippen LogP contribution in [0.5, 0.6) is 0 Å². The van der Waals surface area contributed by atoms with Gasteiger partial charge in [-0.05, 0) is 31.6 Å². The van der Waals surface area contributed by atoms with Gasteiger partial charge in [-0.2, -0.15) is 0 Å². The van der Waals surface area contributed by atoms with Crippen molar-refractivity contribution in [3.8, 4) is 0 Å². The number of urea groups is 1. The van der Waals surface area contributed by atoms with E-state index in [2.05, 4.69) is 17.6 Å². The van der Waals surface area contributed by atoms with E-state index in [4.69, 9.17) is 0 Å². The van der Waals surface area contributed by atoms with Crippen molar-refractivity contribution < 1.29 is 14.7 Å². The van der Waals surface area contributed by atoms with E-state index in [-0.39, 0.29) is 18.6 Å². The standard InChI is InChI=1S/C15H26N2O3/c1-2-11-6-3-4-7-12(11)17-14(20)16-10-15(13(18)19)8-5-9-15/h11-12H,2-10H2,1H3,(H,18,19)(H2,16,17,20). The van der Waals surface area contributed by atoms with Crippen LogP contribution in [0.3, 0.4) is 0 Å². The predicted molar refractivity (Wildman–Crippen MR) is 76.5 cm³/mol. The second kappa shape index (κ2) is 6.46. The zero-order valence-electron chi connectivity index (χ0n) is 12.3. The molecule has 2 saturated carbocycles. The Hall–Kier alpha value is -1.26. The first-order chi connectivity index (χ1) is 9.57. The van der Waals surface area contributed by atoms with Crippen LogP contribution in [-0.2, 0) is 4.79 Å². The number of carbonyl (C=O) groups excluding carboxylic acids is 1. The van der Waals surface area contributed by atoms with Gasteiger partial charge in [0, 0.05) is 12.6 Å².